The number of benzene rings is 1. The molecule has 1 unspecified atom stereocenters. The molecule has 0 radical (unpaired) electrons. The van der Waals surface area contributed by atoms with E-state index >= 15 is 0 Å². The van der Waals surface area contributed by atoms with Crippen LogP contribution in [0.2, 0.25) is 0 Å². The summed E-state index contributed by atoms with van der Waals surface area (Å²) in [5.41, 5.74) is 3.38. The molecule has 5 nitrogen and oxygen atoms in total. The Morgan fingerprint density at radius 2 is 1.75 bits per heavy atom. The molecular formula is C16H22F3N5. The van der Waals surface area contributed by atoms with Crippen LogP contribution in [0.25, 0.3) is 0 Å². The molecule has 0 aliphatic carbocycles. The topological polar surface area (TPSA) is 54.7 Å². The lowest BCUT2D eigenvalue weighted by molar-refractivity contribution is -0.143. The van der Waals surface area contributed by atoms with Crippen molar-refractivity contribution in [1.82, 2.24) is 10.4 Å². The second-order valence-corrected chi connectivity index (χ2v) is 5.38. The standard InChI is InChI=1S/C16H22F3N5/c1-4-23(5-2)12-9-7-11(8-10-12)21-13-14(16(17,18)19)22-24(6-3)15(13)20/h7-10,14,20,22H,4-6H2,1-3H3. The van der Waals surface area contributed by atoms with Crippen LogP contribution in [-0.2, 0) is 0 Å². The van der Waals surface area contributed by atoms with Gasteiger partial charge in [0.2, 0.25) is 0 Å². The molecule has 0 saturated carbocycles. The van der Waals surface area contributed by atoms with Crippen molar-refractivity contribution < 1.29 is 13.2 Å². The largest absolute Gasteiger partial charge is 0.411 e. The third-order valence-electron chi connectivity index (χ3n) is 3.94. The van der Waals surface area contributed by atoms with Gasteiger partial charge >= 0.3 is 6.18 Å². The lowest BCUT2D eigenvalue weighted by Crippen LogP contribution is -2.45. The Hall–Kier alpha value is -2.09. The number of aliphatic imine (C=N–C) groups is 1. The molecule has 1 aliphatic heterocycles. The molecule has 132 valence electrons. The van der Waals surface area contributed by atoms with Crippen molar-refractivity contribution in [1.29, 1.82) is 5.41 Å². The zero-order valence-corrected chi connectivity index (χ0v) is 14.0. The van der Waals surface area contributed by atoms with E-state index in [1.165, 1.54) is 0 Å². The van der Waals surface area contributed by atoms with Crippen molar-refractivity contribution in [2.75, 3.05) is 24.5 Å². The molecule has 24 heavy (non-hydrogen) atoms. The molecule has 2 N–H and O–H groups in total. The van der Waals surface area contributed by atoms with Gasteiger partial charge in [-0.25, -0.2) is 10.4 Å². The Morgan fingerprint density at radius 3 is 2.21 bits per heavy atom. The van der Waals surface area contributed by atoms with E-state index in [1.807, 2.05) is 26.0 Å². The van der Waals surface area contributed by atoms with E-state index in [2.05, 4.69) is 15.3 Å². The predicted octanol–water partition coefficient (Wildman–Crippen LogP) is 3.35. The molecular weight excluding hydrogens is 319 g/mol. The van der Waals surface area contributed by atoms with Gasteiger partial charge in [0.1, 0.15) is 5.71 Å². The Morgan fingerprint density at radius 1 is 1.17 bits per heavy atom. The van der Waals surface area contributed by atoms with Crippen LogP contribution in [0, 0.1) is 5.41 Å². The number of nitrogens with zero attached hydrogens (tertiary/aromatic N) is 3. The molecule has 1 fully saturated rings. The van der Waals surface area contributed by atoms with Crippen molar-refractivity contribution in [3.05, 3.63) is 24.3 Å². The first-order chi connectivity index (χ1) is 11.3. The average Bonchev–Trinajstić information content (AvgIpc) is 2.86. The van der Waals surface area contributed by atoms with E-state index in [1.54, 1.807) is 19.1 Å². The highest BCUT2D eigenvalue weighted by Gasteiger charge is 2.50. The van der Waals surface area contributed by atoms with Gasteiger partial charge in [0.15, 0.2) is 11.9 Å². The maximum absolute atomic E-state index is 13.2. The average molecular weight is 341 g/mol. The van der Waals surface area contributed by atoms with Crippen molar-refractivity contribution in [2.24, 2.45) is 4.99 Å². The van der Waals surface area contributed by atoms with Crippen LogP contribution in [0.1, 0.15) is 20.8 Å². The highest BCUT2D eigenvalue weighted by molar-refractivity contribution is 6.44. The maximum Gasteiger partial charge on any atom is 0.411 e. The summed E-state index contributed by atoms with van der Waals surface area (Å²) in [6.45, 7) is 7.70. The summed E-state index contributed by atoms with van der Waals surface area (Å²) in [5, 5.41) is 9.07. The molecule has 0 bridgehead atoms. The zero-order chi connectivity index (χ0) is 17.9. The second-order valence-electron chi connectivity index (χ2n) is 5.38. The van der Waals surface area contributed by atoms with Gasteiger partial charge in [-0.3, -0.25) is 10.4 Å². The van der Waals surface area contributed by atoms with Gasteiger partial charge in [-0.2, -0.15) is 13.2 Å². The number of nitrogens with one attached hydrogen (secondary N) is 2. The van der Waals surface area contributed by atoms with Crippen LogP contribution < -0.4 is 10.3 Å². The minimum absolute atomic E-state index is 0.243. The summed E-state index contributed by atoms with van der Waals surface area (Å²) in [4.78, 5) is 6.22. The van der Waals surface area contributed by atoms with Crippen LogP contribution in [0.5, 0.6) is 0 Å². The van der Waals surface area contributed by atoms with E-state index in [0.717, 1.165) is 23.8 Å². The molecule has 1 saturated heterocycles. The summed E-state index contributed by atoms with van der Waals surface area (Å²) < 4.78 is 39.6. The molecule has 8 heteroatoms. The van der Waals surface area contributed by atoms with Crippen molar-refractivity contribution in [2.45, 2.75) is 33.0 Å². The maximum atomic E-state index is 13.2. The quantitative estimate of drug-likeness (QED) is 0.863. The van der Waals surface area contributed by atoms with Crippen molar-refractivity contribution >= 4 is 22.9 Å². The molecule has 0 amide bonds. The van der Waals surface area contributed by atoms with Gasteiger partial charge in [0, 0.05) is 25.3 Å². The lowest BCUT2D eigenvalue weighted by atomic mass is 10.1. The van der Waals surface area contributed by atoms with Gasteiger partial charge in [-0.05, 0) is 45.0 Å². The predicted molar refractivity (Wildman–Crippen MR) is 90.2 cm³/mol. The Kier molecular flexibility index (Phi) is 5.48. The minimum Gasteiger partial charge on any atom is -0.372 e. The SMILES string of the molecule is CCN1NC(C(F)(F)F)C(=Nc2ccc(N(CC)CC)cc2)C1=N. The number of halogens is 3. The van der Waals surface area contributed by atoms with E-state index in [-0.39, 0.29) is 18.1 Å². The number of alkyl halides is 3. The van der Waals surface area contributed by atoms with Crippen LogP contribution in [0.15, 0.2) is 29.3 Å². The molecule has 0 aromatic heterocycles. The number of rotatable bonds is 5. The van der Waals surface area contributed by atoms with Crippen molar-refractivity contribution in [3.8, 4) is 0 Å². The monoisotopic (exact) mass is 341 g/mol. The van der Waals surface area contributed by atoms with Gasteiger partial charge in [0.05, 0.1) is 5.69 Å². The summed E-state index contributed by atoms with van der Waals surface area (Å²) in [7, 11) is 0. The van der Waals surface area contributed by atoms with Gasteiger partial charge in [-0.15, -0.1) is 0 Å². The summed E-state index contributed by atoms with van der Waals surface area (Å²) in [6.07, 6.45) is -4.50. The van der Waals surface area contributed by atoms with Crippen molar-refractivity contribution in [3.63, 3.8) is 0 Å². The Bertz CT molecular complexity index is 605. The molecule has 1 heterocycles. The zero-order valence-electron chi connectivity index (χ0n) is 14.0. The number of hydrogen-bond acceptors (Lipinski definition) is 4. The van der Waals surface area contributed by atoms with Gasteiger partial charge in [0.25, 0.3) is 0 Å². The van der Waals surface area contributed by atoms with Gasteiger partial charge < -0.3 is 4.90 Å². The van der Waals surface area contributed by atoms with Crippen LogP contribution in [0.4, 0.5) is 24.5 Å². The highest BCUT2D eigenvalue weighted by Crippen LogP contribution is 2.28. The van der Waals surface area contributed by atoms with E-state index in [4.69, 9.17) is 5.41 Å². The fraction of sp³-hybridized carbons (Fsp3) is 0.500. The number of hydrazine groups is 1. The summed E-state index contributed by atoms with van der Waals surface area (Å²) in [6, 6.07) is 5.07. The first-order valence-corrected chi connectivity index (χ1v) is 7.94. The molecule has 1 aromatic carbocycles. The minimum atomic E-state index is -4.50. The Labute approximate surface area is 139 Å². The van der Waals surface area contributed by atoms with Gasteiger partial charge in [-0.1, -0.05) is 0 Å². The first-order valence-electron chi connectivity index (χ1n) is 7.94. The normalized spacial score (nSPS) is 20.1. The number of hydrogen-bond donors (Lipinski definition) is 2. The van der Waals surface area contributed by atoms with E-state index in [9.17, 15) is 13.2 Å². The van der Waals surface area contributed by atoms with Crippen LogP contribution in [0.3, 0.4) is 0 Å². The second kappa shape index (κ2) is 7.21. The third-order valence-corrected chi connectivity index (χ3v) is 3.94. The Balaban J connectivity index is 2.32. The molecule has 2 rings (SSSR count). The number of amidine groups is 1. The lowest BCUT2D eigenvalue weighted by Gasteiger charge is -2.20. The smallest absolute Gasteiger partial charge is 0.372 e. The summed E-state index contributed by atoms with van der Waals surface area (Å²) in [5.74, 6) is -0.243. The fourth-order valence-corrected chi connectivity index (χ4v) is 2.62. The van der Waals surface area contributed by atoms with E-state index in [0.29, 0.717) is 5.69 Å². The van der Waals surface area contributed by atoms with Crippen LogP contribution in [-0.4, -0.2) is 48.4 Å². The van der Waals surface area contributed by atoms with Crippen LogP contribution >= 0.6 is 0 Å². The highest BCUT2D eigenvalue weighted by atomic mass is 19.4. The first kappa shape index (κ1) is 18.3. The van der Waals surface area contributed by atoms with E-state index < -0.39 is 12.2 Å². The fourth-order valence-electron chi connectivity index (χ4n) is 2.62. The number of anilines is 1. The molecule has 1 aliphatic rings. The molecule has 1 aromatic rings. The molecule has 0 spiro atoms. The molecule has 1 atom stereocenters. The summed E-state index contributed by atoms with van der Waals surface area (Å²) >= 11 is 0. The third kappa shape index (κ3) is 3.69.